The SMILES string of the molecule is Cc1cc(B(O)O)ncc1Cl. The summed E-state index contributed by atoms with van der Waals surface area (Å²) in [5.41, 5.74) is 0.997. The highest BCUT2D eigenvalue weighted by molar-refractivity contribution is 6.57. The number of hydrogen-bond donors (Lipinski definition) is 2. The summed E-state index contributed by atoms with van der Waals surface area (Å²) in [7, 11) is -1.52. The first-order chi connectivity index (χ1) is 5.11. The Kier molecular flexibility index (Phi) is 2.49. The molecule has 0 fully saturated rings. The highest BCUT2D eigenvalue weighted by atomic mass is 35.5. The molecule has 11 heavy (non-hydrogen) atoms. The van der Waals surface area contributed by atoms with E-state index in [1.807, 2.05) is 0 Å². The van der Waals surface area contributed by atoms with Crippen molar-refractivity contribution >= 4 is 24.3 Å². The van der Waals surface area contributed by atoms with Gasteiger partial charge in [0.25, 0.3) is 0 Å². The molecule has 0 aliphatic heterocycles. The molecule has 0 aliphatic rings. The largest absolute Gasteiger partial charge is 0.508 e. The molecular formula is C6H7BClNO2. The van der Waals surface area contributed by atoms with Gasteiger partial charge >= 0.3 is 7.12 Å². The van der Waals surface area contributed by atoms with Gasteiger partial charge in [-0.2, -0.15) is 0 Å². The van der Waals surface area contributed by atoms with Crippen molar-refractivity contribution in [3.8, 4) is 0 Å². The van der Waals surface area contributed by atoms with E-state index in [1.54, 1.807) is 6.92 Å². The number of pyridine rings is 1. The molecule has 2 N–H and O–H groups in total. The molecular weight excluding hydrogens is 164 g/mol. The molecule has 1 aromatic heterocycles. The fourth-order valence-corrected chi connectivity index (χ4v) is 0.806. The van der Waals surface area contributed by atoms with Crippen molar-refractivity contribution in [2.75, 3.05) is 0 Å². The lowest BCUT2D eigenvalue weighted by molar-refractivity contribution is 0.424. The molecule has 0 saturated heterocycles. The van der Waals surface area contributed by atoms with Crippen molar-refractivity contribution in [2.24, 2.45) is 0 Å². The molecule has 0 atom stereocenters. The summed E-state index contributed by atoms with van der Waals surface area (Å²) in [5.74, 6) is 0. The van der Waals surface area contributed by atoms with Crippen molar-refractivity contribution < 1.29 is 10.0 Å². The number of halogens is 1. The molecule has 0 radical (unpaired) electrons. The van der Waals surface area contributed by atoms with Gasteiger partial charge in [-0.3, -0.25) is 4.98 Å². The van der Waals surface area contributed by atoms with Crippen molar-refractivity contribution in [3.05, 3.63) is 22.8 Å². The van der Waals surface area contributed by atoms with Crippen LogP contribution in [-0.2, 0) is 0 Å². The van der Waals surface area contributed by atoms with Crippen molar-refractivity contribution in [2.45, 2.75) is 6.92 Å². The second kappa shape index (κ2) is 3.22. The molecule has 0 aromatic carbocycles. The van der Waals surface area contributed by atoms with Gasteiger partial charge in [-0.05, 0) is 18.6 Å². The Bertz CT molecular complexity index is 267. The minimum Gasteiger partial charge on any atom is -0.422 e. The third-order valence-corrected chi connectivity index (χ3v) is 1.73. The van der Waals surface area contributed by atoms with Crippen LogP contribution in [0, 0.1) is 6.92 Å². The Balaban J connectivity index is 3.05. The highest BCUT2D eigenvalue weighted by Crippen LogP contribution is 2.09. The van der Waals surface area contributed by atoms with E-state index in [0.717, 1.165) is 5.56 Å². The van der Waals surface area contributed by atoms with E-state index < -0.39 is 7.12 Å². The van der Waals surface area contributed by atoms with E-state index >= 15 is 0 Å². The molecule has 0 aliphatic carbocycles. The highest BCUT2D eigenvalue weighted by Gasteiger charge is 2.12. The Hall–Kier alpha value is -0.575. The predicted octanol–water partition coefficient (Wildman–Crippen LogP) is -0.277. The van der Waals surface area contributed by atoms with Gasteiger partial charge in [0.05, 0.1) is 10.6 Å². The zero-order valence-electron chi connectivity index (χ0n) is 5.95. The first kappa shape index (κ1) is 8.52. The van der Waals surface area contributed by atoms with Crippen LogP contribution in [0.15, 0.2) is 12.3 Å². The van der Waals surface area contributed by atoms with Gasteiger partial charge in [-0.25, -0.2) is 0 Å². The van der Waals surface area contributed by atoms with E-state index in [0.29, 0.717) is 5.02 Å². The van der Waals surface area contributed by atoms with Crippen LogP contribution in [0.2, 0.25) is 5.02 Å². The van der Waals surface area contributed by atoms with Crippen LogP contribution in [0.1, 0.15) is 5.56 Å². The monoisotopic (exact) mass is 171 g/mol. The minimum absolute atomic E-state index is 0.215. The molecule has 0 amide bonds. The normalized spacial score (nSPS) is 9.82. The minimum atomic E-state index is -1.52. The Morgan fingerprint density at radius 2 is 2.18 bits per heavy atom. The summed E-state index contributed by atoms with van der Waals surface area (Å²) < 4.78 is 0. The number of aryl methyl sites for hydroxylation is 1. The first-order valence-electron chi connectivity index (χ1n) is 3.09. The molecule has 0 spiro atoms. The Morgan fingerprint density at radius 3 is 2.64 bits per heavy atom. The molecule has 5 heteroatoms. The summed E-state index contributed by atoms with van der Waals surface area (Å²) in [6, 6.07) is 1.53. The fraction of sp³-hybridized carbons (Fsp3) is 0.167. The maximum absolute atomic E-state index is 8.69. The zero-order chi connectivity index (χ0) is 8.43. The van der Waals surface area contributed by atoms with Crippen LogP contribution in [0.5, 0.6) is 0 Å². The lowest BCUT2D eigenvalue weighted by Gasteiger charge is -2.00. The Labute approximate surface area is 69.8 Å². The predicted molar refractivity (Wildman–Crippen MR) is 43.8 cm³/mol. The summed E-state index contributed by atoms with van der Waals surface area (Å²) >= 11 is 5.66. The topological polar surface area (TPSA) is 53.4 Å². The van der Waals surface area contributed by atoms with Crippen LogP contribution in [-0.4, -0.2) is 22.2 Å². The van der Waals surface area contributed by atoms with Gasteiger partial charge in [0.15, 0.2) is 0 Å². The molecule has 1 heterocycles. The average Bonchev–Trinajstić information content (AvgIpc) is 1.94. The zero-order valence-corrected chi connectivity index (χ0v) is 6.71. The van der Waals surface area contributed by atoms with E-state index in [-0.39, 0.29) is 5.59 Å². The van der Waals surface area contributed by atoms with E-state index in [1.165, 1.54) is 12.3 Å². The van der Waals surface area contributed by atoms with Crippen LogP contribution >= 0.6 is 11.6 Å². The molecule has 3 nitrogen and oxygen atoms in total. The van der Waals surface area contributed by atoms with Gasteiger partial charge < -0.3 is 10.0 Å². The van der Waals surface area contributed by atoms with Gasteiger partial charge in [0.2, 0.25) is 0 Å². The molecule has 58 valence electrons. The Morgan fingerprint density at radius 1 is 1.55 bits per heavy atom. The first-order valence-corrected chi connectivity index (χ1v) is 3.47. The molecule has 0 unspecified atom stereocenters. The van der Waals surface area contributed by atoms with Crippen LogP contribution < -0.4 is 5.59 Å². The van der Waals surface area contributed by atoms with Gasteiger partial charge in [0, 0.05) is 6.20 Å². The summed E-state index contributed by atoms with van der Waals surface area (Å²) in [5, 5.41) is 17.9. The number of hydrogen-bond acceptors (Lipinski definition) is 3. The number of nitrogens with zero attached hydrogens (tertiary/aromatic N) is 1. The van der Waals surface area contributed by atoms with Gasteiger partial charge in [-0.1, -0.05) is 11.6 Å². The van der Waals surface area contributed by atoms with Crippen LogP contribution in [0.25, 0.3) is 0 Å². The summed E-state index contributed by atoms with van der Waals surface area (Å²) in [6.07, 6.45) is 1.39. The average molecular weight is 171 g/mol. The fourth-order valence-electron chi connectivity index (χ4n) is 0.702. The second-order valence-electron chi connectivity index (χ2n) is 2.23. The maximum Gasteiger partial charge on any atom is 0.508 e. The third-order valence-electron chi connectivity index (χ3n) is 1.33. The van der Waals surface area contributed by atoms with E-state index in [9.17, 15) is 0 Å². The lowest BCUT2D eigenvalue weighted by atomic mass is 9.85. The van der Waals surface area contributed by atoms with Gasteiger partial charge in [-0.15, -0.1) is 0 Å². The molecule has 1 aromatic rings. The summed E-state index contributed by atoms with van der Waals surface area (Å²) in [4.78, 5) is 3.71. The molecule has 0 saturated carbocycles. The number of rotatable bonds is 1. The van der Waals surface area contributed by atoms with Crippen molar-refractivity contribution in [1.82, 2.24) is 4.98 Å². The van der Waals surface area contributed by atoms with Crippen LogP contribution in [0.3, 0.4) is 0 Å². The quantitative estimate of drug-likeness (QED) is 0.572. The van der Waals surface area contributed by atoms with Crippen LogP contribution in [0.4, 0.5) is 0 Å². The molecule has 0 bridgehead atoms. The van der Waals surface area contributed by atoms with Gasteiger partial charge in [0.1, 0.15) is 0 Å². The molecule has 1 rings (SSSR count). The number of aromatic nitrogens is 1. The van der Waals surface area contributed by atoms with E-state index in [4.69, 9.17) is 21.6 Å². The third kappa shape index (κ3) is 1.93. The van der Waals surface area contributed by atoms with Crippen molar-refractivity contribution in [3.63, 3.8) is 0 Å². The summed E-state index contributed by atoms with van der Waals surface area (Å²) in [6.45, 7) is 1.77. The smallest absolute Gasteiger partial charge is 0.422 e. The van der Waals surface area contributed by atoms with E-state index in [2.05, 4.69) is 4.98 Å². The van der Waals surface area contributed by atoms with Crippen molar-refractivity contribution in [1.29, 1.82) is 0 Å². The maximum atomic E-state index is 8.69. The lowest BCUT2D eigenvalue weighted by Crippen LogP contribution is -2.32. The second-order valence-corrected chi connectivity index (χ2v) is 2.64. The standard InChI is InChI=1S/C6H7BClNO2/c1-4-2-6(7(10)11)9-3-5(4)8/h2-3,10-11H,1H3.